The molecule has 0 saturated heterocycles. The largest absolute Gasteiger partial charge is 0.463 e. The summed E-state index contributed by atoms with van der Waals surface area (Å²) in [4.78, 5) is 26.9. The topological polar surface area (TPSA) is 55.4 Å². The molecule has 0 amide bonds. The van der Waals surface area contributed by atoms with Crippen LogP contribution in [0.2, 0.25) is 0 Å². The summed E-state index contributed by atoms with van der Waals surface area (Å²) in [6, 6.07) is 24.3. The third kappa shape index (κ3) is 3.76. The van der Waals surface area contributed by atoms with Crippen molar-refractivity contribution in [1.82, 2.24) is 5.32 Å². The SMILES string of the molecule is CCOC(=O)C1=C(C)NC2=CC(c3ccccc3)CC(=O)C2C1c1cccc2ccccc12. The average molecular weight is 438 g/mol. The van der Waals surface area contributed by atoms with Gasteiger partial charge in [-0.15, -0.1) is 0 Å². The van der Waals surface area contributed by atoms with E-state index in [-0.39, 0.29) is 24.3 Å². The summed E-state index contributed by atoms with van der Waals surface area (Å²) in [6.45, 7) is 3.99. The third-order valence-electron chi connectivity index (χ3n) is 6.75. The van der Waals surface area contributed by atoms with E-state index in [2.05, 4.69) is 41.7 Å². The van der Waals surface area contributed by atoms with Crippen molar-refractivity contribution in [2.24, 2.45) is 5.92 Å². The van der Waals surface area contributed by atoms with Gasteiger partial charge in [0.1, 0.15) is 5.78 Å². The van der Waals surface area contributed by atoms with Gasteiger partial charge in [-0.25, -0.2) is 4.79 Å². The maximum atomic E-state index is 13.7. The Balaban J connectivity index is 1.70. The Hall–Kier alpha value is -3.66. The van der Waals surface area contributed by atoms with Gasteiger partial charge in [-0.2, -0.15) is 0 Å². The van der Waals surface area contributed by atoms with E-state index in [9.17, 15) is 9.59 Å². The fourth-order valence-corrected chi connectivity index (χ4v) is 5.33. The standard InChI is InChI=1S/C29H27NO3/c1-3-33-29(32)26-18(2)30-24-16-21(19-10-5-4-6-11-19)17-25(31)28(24)27(26)23-15-9-13-20-12-7-8-14-22(20)23/h4-16,21,27-28,30H,3,17H2,1-2H3. The van der Waals surface area contributed by atoms with Gasteiger partial charge < -0.3 is 10.1 Å². The van der Waals surface area contributed by atoms with Crippen LogP contribution in [0.3, 0.4) is 0 Å². The molecule has 1 N–H and O–H groups in total. The molecule has 0 radical (unpaired) electrons. The number of carbonyl (C=O) groups is 2. The van der Waals surface area contributed by atoms with E-state index in [4.69, 9.17) is 4.74 Å². The zero-order valence-electron chi connectivity index (χ0n) is 18.9. The summed E-state index contributed by atoms with van der Waals surface area (Å²) in [5.74, 6) is -1.05. The van der Waals surface area contributed by atoms with E-state index in [1.807, 2.05) is 49.4 Å². The van der Waals surface area contributed by atoms with Crippen LogP contribution in [-0.4, -0.2) is 18.4 Å². The molecule has 5 rings (SSSR count). The van der Waals surface area contributed by atoms with Gasteiger partial charge in [-0.3, -0.25) is 4.79 Å². The fraction of sp³-hybridized carbons (Fsp3) is 0.241. The van der Waals surface area contributed by atoms with Crippen LogP contribution in [0, 0.1) is 5.92 Å². The van der Waals surface area contributed by atoms with Crippen molar-refractivity contribution < 1.29 is 14.3 Å². The van der Waals surface area contributed by atoms with Gasteiger partial charge in [0.15, 0.2) is 0 Å². The van der Waals surface area contributed by atoms with Crippen LogP contribution in [0.25, 0.3) is 10.8 Å². The third-order valence-corrected chi connectivity index (χ3v) is 6.75. The van der Waals surface area contributed by atoms with Crippen LogP contribution < -0.4 is 5.32 Å². The molecular formula is C29H27NO3. The number of allylic oxidation sites excluding steroid dienone is 3. The second-order valence-electron chi connectivity index (χ2n) is 8.72. The predicted molar refractivity (Wildman–Crippen MR) is 130 cm³/mol. The van der Waals surface area contributed by atoms with E-state index >= 15 is 0 Å². The lowest BCUT2D eigenvalue weighted by atomic mass is 9.68. The van der Waals surface area contributed by atoms with Crippen LogP contribution >= 0.6 is 0 Å². The molecule has 0 aromatic heterocycles. The van der Waals surface area contributed by atoms with Gasteiger partial charge >= 0.3 is 5.97 Å². The van der Waals surface area contributed by atoms with Gasteiger partial charge in [-0.1, -0.05) is 78.9 Å². The first-order valence-electron chi connectivity index (χ1n) is 11.5. The number of hydrogen-bond acceptors (Lipinski definition) is 4. The average Bonchev–Trinajstić information content (AvgIpc) is 2.83. The Bertz CT molecular complexity index is 1280. The van der Waals surface area contributed by atoms with E-state index < -0.39 is 11.8 Å². The molecule has 2 aliphatic rings. The molecule has 0 fully saturated rings. The van der Waals surface area contributed by atoms with Crippen LogP contribution in [0.4, 0.5) is 0 Å². The lowest BCUT2D eigenvalue weighted by Gasteiger charge is -2.40. The minimum atomic E-state index is -0.445. The zero-order chi connectivity index (χ0) is 22.9. The summed E-state index contributed by atoms with van der Waals surface area (Å²) >= 11 is 0. The van der Waals surface area contributed by atoms with E-state index in [0.717, 1.165) is 33.3 Å². The van der Waals surface area contributed by atoms with Crippen molar-refractivity contribution in [2.45, 2.75) is 32.1 Å². The van der Waals surface area contributed by atoms with Crippen molar-refractivity contribution in [3.63, 3.8) is 0 Å². The van der Waals surface area contributed by atoms with Crippen LogP contribution in [-0.2, 0) is 14.3 Å². The maximum absolute atomic E-state index is 13.7. The first-order valence-corrected chi connectivity index (χ1v) is 11.5. The number of hydrogen-bond donors (Lipinski definition) is 1. The molecule has 1 aliphatic carbocycles. The number of fused-ring (bicyclic) bond motifs is 2. The molecule has 0 saturated carbocycles. The normalized spacial score (nSPS) is 22.4. The van der Waals surface area contributed by atoms with Gasteiger partial charge in [0.05, 0.1) is 18.1 Å². The highest BCUT2D eigenvalue weighted by Gasteiger charge is 2.45. The number of ketones is 1. The van der Waals surface area contributed by atoms with Gasteiger partial charge in [0, 0.05) is 29.7 Å². The van der Waals surface area contributed by atoms with Crippen LogP contribution in [0.1, 0.15) is 43.2 Å². The second kappa shape index (κ2) is 8.70. The van der Waals surface area contributed by atoms with Gasteiger partial charge in [0.25, 0.3) is 0 Å². The Kier molecular flexibility index (Phi) is 5.59. The summed E-state index contributed by atoms with van der Waals surface area (Å²) in [5.41, 5.74) is 4.28. The zero-order valence-corrected chi connectivity index (χ0v) is 18.9. The van der Waals surface area contributed by atoms with E-state index in [0.29, 0.717) is 12.0 Å². The molecule has 1 aliphatic heterocycles. The quantitative estimate of drug-likeness (QED) is 0.538. The Morgan fingerprint density at radius 1 is 0.970 bits per heavy atom. The van der Waals surface area contributed by atoms with E-state index in [1.54, 1.807) is 6.92 Å². The first kappa shape index (κ1) is 21.2. The van der Waals surface area contributed by atoms with Crippen LogP contribution in [0.15, 0.2) is 95.8 Å². The van der Waals surface area contributed by atoms with Crippen molar-refractivity contribution in [1.29, 1.82) is 0 Å². The molecule has 0 bridgehead atoms. The summed E-state index contributed by atoms with van der Waals surface area (Å²) in [7, 11) is 0. The first-order chi connectivity index (χ1) is 16.1. The van der Waals surface area contributed by atoms with E-state index in [1.165, 1.54) is 0 Å². The Labute approximate surface area is 194 Å². The lowest BCUT2D eigenvalue weighted by Crippen LogP contribution is -2.42. The number of ether oxygens (including phenoxy) is 1. The molecule has 166 valence electrons. The van der Waals surface area contributed by atoms with Crippen LogP contribution in [0.5, 0.6) is 0 Å². The number of rotatable bonds is 4. The molecule has 0 spiro atoms. The van der Waals surface area contributed by atoms with Crippen molar-refractivity contribution in [3.05, 3.63) is 107 Å². The number of benzene rings is 3. The molecule has 1 heterocycles. The highest BCUT2D eigenvalue weighted by molar-refractivity contribution is 5.98. The summed E-state index contributed by atoms with van der Waals surface area (Å²) in [5, 5.41) is 5.55. The molecule has 4 nitrogen and oxygen atoms in total. The fourth-order valence-electron chi connectivity index (χ4n) is 5.33. The Morgan fingerprint density at radius 3 is 2.48 bits per heavy atom. The molecule has 3 aromatic carbocycles. The smallest absolute Gasteiger partial charge is 0.336 e. The number of Topliss-reactive ketones (excluding diaryl/α,β-unsaturated/α-hetero) is 1. The minimum Gasteiger partial charge on any atom is -0.463 e. The van der Waals surface area contributed by atoms with Crippen molar-refractivity contribution in [2.75, 3.05) is 6.61 Å². The highest BCUT2D eigenvalue weighted by atomic mass is 16.5. The maximum Gasteiger partial charge on any atom is 0.336 e. The summed E-state index contributed by atoms with van der Waals surface area (Å²) < 4.78 is 5.45. The predicted octanol–water partition coefficient (Wildman–Crippen LogP) is 5.62. The molecule has 3 atom stereocenters. The number of nitrogens with one attached hydrogen (secondary N) is 1. The Morgan fingerprint density at radius 2 is 1.70 bits per heavy atom. The molecule has 4 heteroatoms. The number of carbonyl (C=O) groups excluding carboxylic acids is 2. The summed E-state index contributed by atoms with van der Waals surface area (Å²) in [6.07, 6.45) is 2.58. The van der Waals surface area contributed by atoms with Gasteiger partial charge in [0.2, 0.25) is 0 Å². The minimum absolute atomic E-state index is 0.0163. The molecular weight excluding hydrogens is 410 g/mol. The highest BCUT2D eigenvalue weighted by Crippen LogP contribution is 2.47. The second-order valence-corrected chi connectivity index (χ2v) is 8.72. The van der Waals surface area contributed by atoms with Crippen molar-refractivity contribution in [3.8, 4) is 0 Å². The number of esters is 1. The molecule has 3 aromatic rings. The lowest BCUT2D eigenvalue weighted by molar-refractivity contribution is -0.139. The van der Waals surface area contributed by atoms with Crippen molar-refractivity contribution >= 4 is 22.5 Å². The molecule has 33 heavy (non-hydrogen) atoms. The molecule has 3 unspecified atom stereocenters. The van der Waals surface area contributed by atoms with Gasteiger partial charge in [-0.05, 0) is 35.7 Å². The monoisotopic (exact) mass is 437 g/mol.